The molecule has 2 saturated heterocycles. The normalized spacial score (nSPS) is 62.0. The summed E-state index contributed by atoms with van der Waals surface area (Å²) in [6.45, 7) is 19.0. The van der Waals surface area contributed by atoms with Crippen molar-refractivity contribution in [1.29, 1.82) is 0 Å². The van der Waals surface area contributed by atoms with Crippen LogP contribution in [0.2, 0.25) is 0 Å². The Balaban J connectivity index is 1.35. The molecule has 2 heterocycles. The summed E-state index contributed by atoms with van der Waals surface area (Å²) >= 11 is 0. The molecule has 1 N–H and O–H groups in total. The maximum atomic E-state index is 13.8. The zero-order chi connectivity index (χ0) is 27.3. The van der Waals surface area contributed by atoms with E-state index in [4.69, 9.17) is 14.2 Å². The number of rotatable bonds is 0. The number of fused-ring (bicyclic) bond motifs is 6. The van der Waals surface area contributed by atoms with Gasteiger partial charge < -0.3 is 19.3 Å². The molecule has 4 saturated carbocycles. The summed E-state index contributed by atoms with van der Waals surface area (Å²) in [7, 11) is 0. The van der Waals surface area contributed by atoms with Crippen LogP contribution in [0.4, 0.5) is 0 Å². The van der Waals surface area contributed by atoms with E-state index in [0.29, 0.717) is 30.3 Å². The van der Waals surface area contributed by atoms with Crippen molar-refractivity contribution in [3.05, 3.63) is 12.2 Å². The monoisotopic (exact) mass is 526 g/mol. The van der Waals surface area contributed by atoms with Crippen LogP contribution < -0.4 is 0 Å². The lowest BCUT2D eigenvalue weighted by molar-refractivity contribution is -0.369. The van der Waals surface area contributed by atoms with Gasteiger partial charge in [-0.3, -0.25) is 4.79 Å². The largest absolute Gasteiger partial charge is 0.453 e. The topological polar surface area (TPSA) is 65.0 Å². The molecule has 0 aromatic heterocycles. The van der Waals surface area contributed by atoms with Crippen LogP contribution in [0.3, 0.4) is 0 Å². The zero-order valence-electron chi connectivity index (χ0n) is 24.9. The molecule has 1 spiro atoms. The Bertz CT molecular complexity index is 1100. The van der Waals surface area contributed by atoms with E-state index in [-0.39, 0.29) is 45.1 Å². The number of allylic oxidation sites excluding steroid dienone is 1. The van der Waals surface area contributed by atoms with Crippen molar-refractivity contribution in [1.82, 2.24) is 0 Å². The molecule has 7 rings (SSSR count). The van der Waals surface area contributed by atoms with Gasteiger partial charge in [-0.05, 0) is 99.4 Å². The highest BCUT2D eigenvalue weighted by atomic mass is 16.7. The third-order valence-electron chi connectivity index (χ3n) is 14.7. The first kappa shape index (κ1) is 26.0. The van der Waals surface area contributed by atoms with Gasteiger partial charge in [0.15, 0.2) is 5.79 Å². The molecular formula is C33H50O5. The van der Waals surface area contributed by atoms with Gasteiger partial charge >= 0.3 is 5.97 Å². The number of aliphatic hydroxyl groups excluding tert-OH is 1. The first-order valence-corrected chi connectivity index (χ1v) is 15.5. The molecule has 2 aliphatic heterocycles. The quantitative estimate of drug-likeness (QED) is 0.297. The van der Waals surface area contributed by atoms with Crippen molar-refractivity contribution in [3.63, 3.8) is 0 Å². The molecule has 7 aliphatic rings. The van der Waals surface area contributed by atoms with Crippen LogP contribution in [0.15, 0.2) is 12.2 Å². The SMILES string of the molecule is CC1CCC23CCC4(C)C5(C)CCC6C7(C)COC(C)(C)OC7C(O)CC6(C)C5C=CC4(OC2=O)C3C1C. The summed E-state index contributed by atoms with van der Waals surface area (Å²) in [6.07, 6.45) is 11.2. The molecule has 13 atom stereocenters. The Morgan fingerprint density at radius 1 is 0.947 bits per heavy atom. The lowest BCUT2D eigenvalue weighted by atomic mass is 9.32. The number of esters is 1. The first-order chi connectivity index (χ1) is 17.6. The summed E-state index contributed by atoms with van der Waals surface area (Å²) in [4.78, 5) is 13.8. The number of hydrogen-bond donors (Lipinski definition) is 1. The molecule has 6 fully saturated rings. The molecule has 0 aromatic rings. The van der Waals surface area contributed by atoms with Crippen molar-refractivity contribution in [3.8, 4) is 0 Å². The number of hydrogen-bond acceptors (Lipinski definition) is 5. The van der Waals surface area contributed by atoms with Gasteiger partial charge in [0.1, 0.15) is 5.60 Å². The van der Waals surface area contributed by atoms with Crippen LogP contribution in [0, 0.1) is 56.7 Å². The second kappa shape index (κ2) is 7.29. The first-order valence-electron chi connectivity index (χ1n) is 15.5. The highest BCUT2D eigenvalue weighted by molar-refractivity contribution is 5.82. The lowest BCUT2D eigenvalue weighted by Crippen LogP contribution is -2.73. The van der Waals surface area contributed by atoms with Crippen molar-refractivity contribution >= 4 is 5.97 Å². The van der Waals surface area contributed by atoms with Gasteiger partial charge in [-0.25, -0.2) is 0 Å². The van der Waals surface area contributed by atoms with Crippen molar-refractivity contribution in [2.45, 2.75) is 124 Å². The third-order valence-corrected chi connectivity index (χ3v) is 14.7. The molecule has 0 radical (unpaired) electrons. The van der Waals surface area contributed by atoms with E-state index < -0.39 is 17.5 Å². The summed E-state index contributed by atoms with van der Waals surface area (Å²) < 4.78 is 19.5. The van der Waals surface area contributed by atoms with Crippen molar-refractivity contribution < 1.29 is 24.1 Å². The van der Waals surface area contributed by atoms with Gasteiger partial charge in [0.05, 0.1) is 24.2 Å². The molecule has 5 heteroatoms. The third kappa shape index (κ3) is 2.65. The highest BCUT2D eigenvalue weighted by Gasteiger charge is 2.81. The van der Waals surface area contributed by atoms with E-state index in [1.54, 1.807) is 0 Å². The average molecular weight is 527 g/mol. The zero-order valence-corrected chi connectivity index (χ0v) is 24.9. The maximum absolute atomic E-state index is 13.8. The van der Waals surface area contributed by atoms with Crippen LogP contribution in [-0.4, -0.2) is 41.3 Å². The van der Waals surface area contributed by atoms with E-state index in [0.717, 1.165) is 44.9 Å². The van der Waals surface area contributed by atoms with Gasteiger partial charge in [-0.2, -0.15) is 0 Å². The Kier molecular flexibility index (Phi) is 4.99. The van der Waals surface area contributed by atoms with E-state index in [1.165, 1.54) is 0 Å². The van der Waals surface area contributed by atoms with Crippen LogP contribution in [0.1, 0.15) is 100 Å². The molecular weight excluding hydrogens is 476 g/mol. The van der Waals surface area contributed by atoms with Crippen molar-refractivity contribution in [2.24, 2.45) is 56.7 Å². The lowest BCUT2D eigenvalue weighted by Gasteiger charge is -2.73. The molecule has 38 heavy (non-hydrogen) atoms. The number of aliphatic hydroxyl groups is 1. The fraction of sp³-hybridized carbons (Fsp3) is 0.909. The summed E-state index contributed by atoms with van der Waals surface area (Å²) in [5, 5.41) is 11.7. The Hall–Kier alpha value is -0.910. The Labute approximate surface area is 229 Å². The summed E-state index contributed by atoms with van der Waals surface area (Å²) in [5.41, 5.74) is -1.30. The van der Waals surface area contributed by atoms with Crippen LogP contribution in [0.5, 0.6) is 0 Å². The minimum atomic E-state index is -0.665. The fourth-order valence-corrected chi connectivity index (χ4v) is 12.4. The van der Waals surface area contributed by atoms with Gasteiger partial charge in [-0.1, -0.05) is 47.6 Å². The smallest absolute Gasteiger partial charge is 0.313 e. The molecule has 5 aliphatic carbocycles. The van der Waals surface area contributed by atoms with E-state index in [1.807, 2.05) is 13.8 Å². The van der Waals surface area contributed by atoms with Gasteiger partial charge in [0.25, 0.3) is 0 Å². The second-order valence-corrected chi connectivity index (χ2v) is 16.4. The second-order valence-electron chi connectivity index (χ2n) is 16.4. The average Bonchev–Trinajstić information content (AvgIpc) is 3.03. The van der Waals surface area contributed by atoms with Gasteiger partial charge in [0, 0.05) is 16.7 Å². The van der Waals surface area contributed by atoms with Crippen molar-refractivity contribution in [2.75, 3.05) is 6.61 Å². The molecule has 0 amide bonds. The molecule has 2 bridgehead atoms. The minimum absolute atomic E-state index is 0.0250. The molecule has 13 unspecified atom stereocenters. The minimum Gasteiger partial charge on any atom is -0.453 e. The van der Waals surface area contributed by atoms with Crippen LogP contribution in [-0.2, 0) is 19.0 Å². The highest BCUT2D eigenvalue weighted by Crippen LogP contribution is 2.79. The number of carbonyl (C=O) groups is 1. The number of ether oxygens (including phenoxy) is 3. The molecule has 212 valence electrons. The Morgan fingerprint density at radius 2 is 1.68 bits per heavy atom. The Morgan fingerprint density at radius 3 is 2.42 bits per heavy atom. The van der Waals surface area contributed by atoms with E-state index in [2.05, 4.69) is 53.7 Å². The van der Waals surface area contributed by atoms with E-state index in [9.17, 15) is 9.90 Å². The van der Waals surface area contributed by atoms with Gasteiger partial charge in [-0.15, -0.1) is 0 Å². The van der Waals surface area contributed by atoms with Crippen LogP contribution >= 0.6 is 0 Å². The number of carbonyl (C=O) groups excluding carboxylic acids is 1. The standard InChI is InChI=1S/C33H50O5/c1-19-9-13-32-16-15-31(8)30(7)12-10-22-28(5,17-21(34)25-29(22,6)18-36-27(3,4)37-25)23(30)11-14-33(31,38-26(32)35)24(32)20(19)2/h11,14,19-25,34H,9-10,12-13,15-18H2,1-8H3. The maximum Gasteiger partial charge on any atom is 0.313 e. The fourth-order valence-electron chi connectivity index (χ4n) is 12.4. The van der Waals surface area contributed by atoms with Gasteiger partial charge in [0.2, 0.25) is 0 Å². The summed E-state index contributed by atoms with van der Waals surface area (Å²) in [6, 6.07) is 0. The van der Waals surface area contributed by atoms with Crippen LogP contribution in [0.25, 0.3) is 0 Å². The molecule has 0 aromatic carbocycles. The predicted octanol–water partition coefficient (Wildman–Crippen LogP) is 6.28. The molecule has 5 nitrogen and oxygen atoms in total. The van der Waals surface area contributed by atoms with E-state index >= 15 is 0 Å². The summed E-state index contributed by atoms with van der Waals surface area (Å²) in [5.74, 6) is 1.43. The predicted molar refractivity (Wildman–Crippen MR) is 145 cm³/mol.